The third kappa shape index (κ3) is 4.12. The standard InChI is InChI=1S/C17H22N2O/c1-2-3-4-5-6-7-12-17(20)16-13-18-14-10-8-9-11-15(14)19-16/h8-11,13H,2-7,12H2,1H3. The Kier molecular flexibility index (Phi) is 5.66. The quantitative estimate of drug-likeness (QED) is 0.521. The van der Waals surface area contributed by atoms with E-state index in [9.17, 15) is 4.79 Å². The number of fused-ring (bicyclic) bond motifs is 1. The molecular formula is C17H22N2O. The summed E-state index contributed by atoms with van der Waals surface area (Å²) in [6.07, 6.45) is 9.32. The van der Waals surface area contributed by atoms with Gasteiger partial charge in [-0.25, -0.2) is 4.98 Å². The van der Waals surface area contributed by atoms with Gasteiger partial charge >= 0.3 is 0 Å². The highest BCUT2D eigenvalue weighted by Crippen LogP contribution is 2.12. The zero-order chi connectivity index (χ0) is 14.2. The SMILES string of the molecule is CCCCCCCCC(=O)c1cnc2ccccc2n1. The molecule has 0 spiro atoms. The number of aromatic nitrogens is 2. The fourth-order valence-corrected chi connectivity index (χ4v) is 2.29. The van der Waals surface area contributed by atoms with Crippen LogP contribution in [0.15, 0.2) is 30.5 Å². The van der Waals surface area contributed by atoms with Gasteiger partial charge in [0.25, 0.3) is 0 Å². The molecule has 1 aromatic carbocycles. The molecule has 3 nitrogen and oxygen atoms in total. The number of ketones is 1. The molecule has 2 rings (SSSR count). The van der Waals surface area contributed by atoms with E-state index in [1.165, 1.54) is 25.7 Å². The van der Waals surface area contributed by atoms with Gasteiger partial charge < -0.3 is 0 Å². The molecule has 0 bridgehead atoms. The third-order valence-corrected chi connectivity index (χ3v) is 3.49. The molecular weight excluding hydrogens is 248 g/mol. The highest BCUT2D eigenvalue weighted by Gasteiger charge is 2.08. The van der Waals surface area contributed by atoms with Crippen LogP contribution in [-0.2, 0) is 0 Å². The Morgan fingerprint density at radius 1 is 1.00 bits per heavy atom. The molecule has 0 unspecified atom stereocenters. The number of benzene rings is 1. The van der Waals surface area contributed by atoms with Gasteiger partial charge in [0.05, 0.1) is 17.2 Å². The molecule has 0 aliphatic carbocycles. The first-order valence-electron chi connectivity index (χ1n) is 7.56. The van der Waals surface area contributed by atoms with Gasteiger partial charge in [-0.3, -0.25) is 9.78 Å². The van der Waals surface area contributed by atoms with E-state index in [0.29, 0.717) is 12.1 Å². The summed E-state index contributed by atoms with van der Waals surface area (Å²) < 4.78 is 0. The van der Waals surface area contributed by atoms with E-state index in [-0.39, 0.29) is 5.78 Å². The van der Waals surface area contributed by atoms with E-state index < -0.39 is 0 Å². The molecule has 1 aromatic heterocycles. The van der Waals surface area contributed by atoms with Crippen LogP contribution < -0.4 is 0 Å². The Labute approximate surface area is 120 Å². The molecule has 0 radical (unpaired) electrons. The molecule has 1 heterocycles. The van der Waals surface area contributed by atoms with E-state index in [0.717, 1.165) is 23.9 Å². The maximum Gasteiger partial charge on any atom is 0.182 e. The van der Waals surface area contributed by atoms with Crippen molar-refractivity contribution in [1.29, 1.82) is 0 Å². The second kappa shape index (κ2) is 7.73. The van der Waals surface area contributed by atoms with E-state index >= 15 is 0 Å². The minimum atomic E-state index is 0.110. The maximum absolute atomic E-state index is 12.1. The second-order valence-corrected chi connectivity index (χ2v) is 5.18. The van der Waals surface area contributed by atoms with Crippen LogP contribution in [0.5, 0.6) is 0 Å². The zero-order valence-electron chi connectivity index (χ0n) is 12.1. The third-order valence-electron chi connectivity index (χ3n) is 3.49. The van der Waals surface area contributed by atoms with E-state index in [4.69, 9.17) is 0 Å². The van der Waals surface area contributed by atoms with Gasteiger partial charge in [-0.15, -0.1) is 0 Å². The van der Waals surface area contributed by atoms with Crippen molar-refractivity contribution in [3.05, 3.63) is 36.2 Å². The van der Waals surface area contributed by atoms with Crippen LogP contribution >= 0.6 is 0 Å². The van der Waals surface area contributed by atoms with Crippen molar-refractivity contribution in [1.82, 2.24) is 9.97 Å². The summed E-state index contributed by atoms with van der Waals surface area (Å²) in [6.45, 7) is 2.21. The average Bonchev–Trinajstić information content (AvgIpc) is 2.50. The second-order valence-electron chi connectivity index (χ2n) is 5.18. The van der Waals surface area contributed by atoms with Crippen molar-refractivity contribution in [2.24, 2.45) is 0 Å². The molecule has 0 aliphatic rings. The van der Waals surface area contributed by atoms with Crippen LogP contribution in [0, 0.1) is 0 Å². The van der Waals surface area contributed by atoms with Crippen molar-refractivity contribution in [3.8, 4) is 0 Å². The molecule has 3 heteroatoms. The minimum Gasteiger partial charge on any atom is -0.292 e. The normalized spacial score (nSPS) is 10.8. The number of para-hydroxylation sites is 2. The first kappa shape index (κ1) is 14.6. The summed E-state index contributed by atoms with van der Waals surface area (Å²) in [4.78, 5) is 20.8. The summed E-state index contributed by atoms with van der Waals surface area (Å²) >= 11 is 0. The molecule has 20 heavy (non-hydrogen) atoms. The lowest BCUT2D eigenvalue weighted by Gasteiger charge is -2.02. The van der Waals surface area contributed by atoms with Crippen molar-refractivity contribution in [3.63, 3.8) is 0 Å². The van der Waals surface area contributed by atoms with E-state index in [2.05, 4.69) is 16.9 Å². The fourth-order valence-electron chi connectivity index (χ4n) is 2.29. The van der Waals surface area contributed by atoms with Gasteiger partial charge in [-0.1, -0.05) is 51.2 Å². The summed E-state index contributed by atoms with van der Waals surface area (Å²) in [6, 6.07) is 7.64. The molecule has 0 amide bonds. The molecule has 2 aromatic rings. The average molecular weight is 270 g/mol. The molecule has 0 saturated heterocycles. The Balaban J connectivity index is 1.84. The van der Waals surface area contributed by atoms with E-state index in [1.807, 2.05) is 24.3 Å². The number of unbranched alkanes of at least 4 members (excludes halogenated alkanes) is 5. The summed E-state index contributed by atoms with van der Waals surface area (Å²) in [7, 11) is 0. The highest BCUT2D eigenvalue weighted by atomic mass is 16.1. The topological polar surface area (TPSA) is 42.9 Å². The Hall–Kier alpha value is -1.77. The first-order valence-corrected chi connectivity index (χ1v) is 7.56. The molecule has 0 saturated carbocycles. The van der Waals surface area contributed by atoms with Gasteiger partial charge in [0.2, 0.25) is 0 Å². The maximum atomic E-state index is 12.1. The van der Waals surface area contributed by atoms with Gasteiger partial charge in [0.1, 0.15) is 5.69 Å². The lowest BCUT2D eigenvalue weighted by atomic mass is 10.1. The smallest absolute Gasteiger partial charge is 0.182 e. The van der Waals surface area contributed by atoms with Crippen molar-refractivity contribution < 1.29 is 4.79 Å². The monoisotopic (exact) mass is 270 g/mol. The van der Waals surface area contributed by atoms with Gasteiger partial charge in [-0.2, -0.15) is 0 Å². The van der Waals surface area contributed by atoms with Gasteiger partial charge in [0.15, 0.2) is 5.78 Å². The summed E-state index contributed by atoms with van der Waals surface area (Å²) in [5.41, 5.74) is 2.13. The Morgan fingerprint density at radius 2 is 1.70 bits per heavy atom. The molecule has 0 N–H and O–H groups in total. The lowest BCUT2D eigenvalue weighted by Crippen LogP contribution is -2.03. The number of hydrogen-bond acceptors (Lipinski definition) is 3. The van der Waals surface area contributed by atoms with E-state index in [1.54, 1.807) is 6.20 Å². The lowest BCUT2D eigenvalue weighted by molar-refractivity contribution is 0.0974. The van der Waals surface area contributed by atoms with Crippen LogP contribution in [0.1, 0.15) is 62.4 Å². The number of carbonyl (C=O) groups excluding carboxylic acids is 1. The highest BCUT2D eigenvalue weighted by molar-refractivity contribution is 5.95. The minimum absolute atomic E-state index is 0.110. The number of Topliss-reactive ketones (excluding diaryl/α,β-unsaturated/α-hetero) is 1. The van der Waals surface area contributed by atoms with Crippen molar-refractivity contribution in [2.45, 2.75) is 51.9 Å². The zero-order valence-corrected chi connectivity index (χ0v) is 12.1. The Morgan fingerprint density at radius 3 is 2.50 bits per heavy atom. The molecule has 0 atom stereocenters. The predicted molar refractivity (Wildman–Crippen MR) is 81.9 cm³/mol. The number of nitrogens with zero attached hydrogens (tertiary/aromatic N) is 2. The van der Waals surface area contributed by atoms with Crippen LogP contribution in [0.3, 0.4) is 0 Å². The van der Waals surface area contributed by atoms with Crippen LogP contribution in [0.4, 0.5) is 0 Å². The number of rotatable bonds is 8. The fraction of sp³-hybridized carbons (Fsp3) is 0.471. The molecule has 0 fully saturated rings. The predicted octanol–water partition coefficient (Wildman–Crippen LogP) is 4.56. The van der Waals surface area contributed by atoms with Crippen LogP contribution in [0.2, 0.25) is 0 Å². The van der Waals surface area contributed by atoms with Crippen LogP contribution in [-0.4, -0.2) is 15.8 Å². The number of carbonyl (C=O) groups is 1. The van der Waals surface area contributed by atoms with Crippen molar-refractivity contribution in [2.75, 3.05) is 0 Å². The molecule has 106 valence electrons. The first-order chi connectivity index (χ1) is 9.81. The van der Waals surface area contributed by atoms with Gasteiger partial charge in [-0.05, 0) is 18.6 Å². The van der Waals surface area contributed by atoms with Crippen LogP contribution in [0.25, 0.3) is 11.0 Å². The number of hydrogen-bond donors (Lipinski definition) is 0. The van der Waals surface area contributed by atoms with Crippen molar-refractivity contribution >= 4 is 16.8 Å². The summed E-state index contributed by atoms with van der Waals surface area (Å²) in [5.74, 6) is 0.110. The summed E-state index contributed by atoms with van der Waals surface area (Å²) in [5, 5.41) is 0. The van der Waals surface area contributed by atoms with Gasteiger partial charge in [0, 0.05) is 6.42 Å². The molecule has 0 aliphatic heterocycles. The largest absolute Gasteiger partial charge is 0.292 e. The Bertz CT molecular complexity index is 566.